The molecule has 0 spiro atoms. The van der Waals surface area contributed by atoms with Gasteiger partial charge in [0.1, 0.15) is 0 Å². The highest BCUT2D eigenvalue weighted by Gasteiger charge is 2.43. The van der Waals surface area contributed by atoms with Crippen LogP contribution in [0, 0.1) is 0 Å². The first-order valence-electron chi connectivity index (χ1n) is 23.1. The summed E-state index contributed by atoms with van der Waals surface area (Å²) in [7, 11) is 0. The zero-order valence-electron chi connectivity index (χ0n) is 38.7. The van der Waals surface area contributed by atoms with E-state index in [1.54, 1.807) is 24.3 Å². The molecule has 9 aromatic carbocycles. The molecule has 0 N–H and O–H groups in total. The topological polar surface area (TPSA) is 42.3 Å². The number of carbonyl (C=O) groups excluding carboxylic acids is 2. The van der Waals surface area contributed by atoms with Gasteiger partial charge in [0.25, 0.3) is 11.8 Å². The number of carbonyl (C=O) groups is 2. The number of fused-ring (bicyclic) bond motifs is 4. The summed E-state index contributed by atoms with van der Waals surface area (Å²) in [6.07, 6.45) is -20.9. The van der Waals surface area contributed by atoms with Crippen molar-refractivity contribution in [3.05, 3.63) is 228 Å². The highest BCUT2D eigenvalue weighted by molar-refractivity contribution is 6.37. The predicted octanol–water partition coefficient (Wildman–Crippen LogP) is 18.0. The van der Waals surface area contributed by atoms with Crippen LogP contribution in [0.2, 0.25) is 0 Å². The Kier molecular flexibility index (Phi) is 11.6. The molecule has 16 heteroatoms. The summed E-state index contributed by atoms with van der Waals surface area (Å²) in [6, 6.07) is 45.5. The van der Waals surface area contributed by atoms with E-state index in [0.29, 0.717) is 46.5 Å². The third kappa shape index (κ3) is 8.72. The van der Waals surface area contributed by atoms with Crippen molar-refractivity contribution >= 4 is 39.3 Å². The average molecular weight is 1040 g/mol. The molecule has 1 aromatic heterocycles. The number of hydrogen-bond acceptors (Lipinski definition) is 2. The summed E-state index contributed by atoms with van der Waals surface area (Å²) in [4.78, 5) is 31.8. The zero-order valence-corrected chi connectivity index (χ0v) is 38.7. The van der Waals surface area contributed by atoms with Crippen LogP contribution in [-0.4, -0.2) is 16.4 Å². The minimum Gasteiger partial charge on any atom is -0.308 e. The number of alkyl halides is 12. The van der Waals surface area contributed by atoms with Crippen molar-refractivity contribution in [3.63, 3.8) is 0 Å². The van der Waals surface area contributed by atoms with E-state index in [2.05, 4.69) is 0 Å². The molecule has 0 fully saturated rings. The first-order valence-corrected chi connectivity index (χ1v) is 23.1. The lowest BCUT2D eigenvalue weighted by Gasteiger charge is -2.24. The number of benzene rings is 9. The minimum atomic E-state index is -5.22. The van der Waals surface area contributed by atoms with Gasteiger partial charge in [0.15, 0.2) is 0 Å². The molecule has 0 radical (unpaired) electrons. The lowest BCUT2D eigenvalue weighted by molar-refractivity contribution is -0.144. The quantitative estimate of drug-likeness (QED) is 0.118. The second kappa shape index (κ2) is 17.9. The largest absolute Gasteiger partial charge is 0.416 e. The van der Waals surface area contributed by atoms with E-state index in [4.69, 9.17) is 0 Å². The number of anilines is 1. The van der Waals surface area contributed by atoms with Gasteiger partial charge in [0.2, 0.25) is 0 Å². The fourth-order valence-electron chi connectivity index (χ4n) is 9.89. The maximum absolute atomic E-state index is 15.6. The maximum atomic E-state index is 15.6. The smallest absolute Gasteiger partial charge is 0.308 e. The molecule has 0 bridgehead atoms. The van der Waals surface area contributed by atoms with Crippen LogP contribution < -0.4 is 4.90 Å². The van der Waals surface area contributed by atoms with Gasteiger partial charge in [-0.15, -0.1) is 0 Å². The summed E-state index contributed by atoms with van der Waals surface area (Å²) in [5.41, 5.74) is -3.46. The van der Waals surface area contributed by atoms with Gasteiger partial charge in [-0.2, -0.15) is 52.7 Å². The second-order valence-electron chi connectivity index (χ2n) is 18.1. The van der Waals surface area contributed by atoms with Crippen LogP contribution >= 0.6 is 0 Å². The van der Waals surface area contributed by atoms with E-state index >= 15 is 9.59 Å². The predicted molar refractivity (Wildman–Crippen MR) is 266 cm³/mol. The van der Waals surface area contributed by atoms with Crippen LogP contribution in [0.5, 0.6) is 0 Å². The van der Waals surface area contributed by atoms with Gasteiger partial charge in [-0.3, -0.25) is 9.59 Å². The van der Waals surface area contributed by atoms with Crippen molar-refractivity contribution in [2.24, 2.45) is 0 Å². The number of aromatic nitrogens is 1. The summed E-state index contributed by atoms with van der Waals surface area (Å²) >= 11 is 0. The normalized spacial score (nSPS) is 13.3. The second-order valence-corrected chi connectivity index (χ2v) is 18.1. The zero-order chi connectivity index (χ0) is 53.6. The van der Waals surface area contributed by atoms with E-state index < -0.39 is 69.9 Å². The van der Waals surface area contributed by atoms with E-state index in [0.717, 1.165) is 16.0 Å². The van der Waals surface area contributed by atoms with Crippen molar-refractivity contribution in [2.75, 3.05) is 4.90 Å². The van der Waals surface area contributed by atoms with Crippen LogP contribution in [-0.2, 0) is 24.7 Å². The molecule has 1 aliphatic rings. The Bertz CT molecular complexity index is 3710. The number of amides is 2. The lowest BCUT2D eigenvalue weighted by atomic mass is 9.90. The SMILES string of the molecule is O=C1c2cccc(-n3c4ccc(-c5cc(C(F)(F)F)cc(C(F)(F)F)c5)cc4c4cc(-c5cc(C(F)(F)F)cc(C(F)(F)F)c5)ccc43)c2C(=O)N1c1c(-c2ccccc2)cc(-c2ccccc2)cc1-c1ccccc1. The molecule has 2 amide bonds. The number of nitrogens with zero attached hydrogens (tertiary/aromatic N) is 2. The Morgan fingerprint density at radius 3 is 1.08 bits per heavy atom. The van der Waals surface area contributed by atoms with Crippen LogP contribution in [0.25, 0.3) is 83.1 Å². The van der Waals surface area contributed by atoms with Crippen molar-refractivity contribution in [2.45, 2.75) is 24.7 Å². The van der Waals surface area contributed by atoms with Crippen LogP contribution in [0.15, 0.2) is 194 Å². The molecule has 0 aliphatic carbocycles. The van der Waals surface area contributed by atoms with Crippen LogP contribution in [0.4, 0.5) is 58.4 Å². The highest BCUT2D eigenvalue weighted by Crippen LogP contribution is 2.49. The molecular formula is C60H32F12N2O2. The molecule has 0 atom stereocenters. The van der Waals surface area contributed by atoms with Crippen molar-refractivity contribution in [1.29, 1.82) is 0 Å². The van der Waals surface area contributed by atoms with E-state index in [1.807, 2.05) is 78.9 Å². The van der Waals surface area contributed by atoms with Gasteiger partial charge in [0.05, 0.1) is 55.8 Å². The fraction of sp³-hybridized carbons (Fsp3) is 0.0667. The van der Waals surface area contributed by atoms with Crippen molar-refractivity contribution < 1.29 is 62.3 Å². The summed E-state index contributed by atoms with van der Waals surface area (Å²) < 4.78 is 171. The molecule has 378 valence electrons. The molecule has 4 nitrogen and oxygen atoms in total. The summed E-state index contributed by atoms with van der Waals surface area (Å²) in [5, 5.41) is 0.118. The standard InChI is InChI=1S/C60H32F12N2O2/c61-57(62,63)41-23-38(24-42(31-41)58(64,65)66)36-19-21-50-48(27-36)49-28-37(39-25-43(59(67,68)69)32-44(26-39)60(70,71)72)20-22-51(49)73(50)52-18-10-17-45-53(52)56(76)74(55(45)75)54-46(34-13-6-2-7-14-34)29-40(33-11-4-1-5-12-33)30-47(54)35-15-8-3-9-16-35/h1-32H. The number of rotatable bonds is 7. The first kappa shape index (κ1) is 49.3. The van der Waals surface area contributed by atoms with Gasteiger partial charge in [0, 0.05) is 21.9 Å². The fourth-order valence-corrected chi connectivity index (χ4v) is 9.89. The third-order valence-electron chi connectivity index (χ3n) is 13.4. The summed E-state index contributed by atoms with van der Waals surface area (Å²) in [5.74, 6) is -1.50. The number of imide groups is 1. The highest BCUT2D eigenvalue weighted by atomic mass is 19.4. The molecule has 0 unspecified atom stereocenters. The van der Waals surface area contributed by atoms with Crippen LogP contribution in [0.3, 0.4) is 0 Å². The number of halogens is 12. The Hall–Kier alpha value is -8.92. The molecule has 11 rings (SSSR count). The van der Waals surface area contributed by atoms with Gasteiger partial charge < -0.3 is 4.57 Å². The minimum absolute atomic E-state index is 0.0364. The Labute approximate surface area is 423 Å². The van der Waals surface area contributed by atoms with E-state index in [9.17, 15) is 52.7 Å². The Balaban J connectivity index is 1.16. The lowest BCUT2D eigenvalue weighted by Crippen LogP contribution is -2.30. The first-order chi connectivity index (χ1) is 36.0. The van der Waals surface area contributed by atoms with E-state index in [1.165, 1.54) is 59.2 Å². The average Bonchev–Trinajstić information content (AvgIpc) is 3.88. The molecule has 0 saturated heterocycles. The molecule has 2 heterocycles. The third-order valence-corrected chi connectivity index (χ3v) is 13.4. The Morgan fingerprint density at radius 1 is 0.303 bits per heavy atom. The van der Waals surface area contributed by atoms with Gasteiger partial charge >= 0.3 is 24.7 Å². The monoisotopic (exact) mass is 1040 g/mol. The number of hydrogen-bond donors (Lipinski definition) is 0. The molecule has 10 aromatic rings. The van der Waals surface area contributed by atoms with Gasteiger partial charge in [-0.1, -0.05) is 109 Å². The van der Waals surface area contributed by atoms with Crippen molar-refractivity contribution in [3.8, 4) is 61.3 Å². The van der Waals surface area contributed by atoms with E-state index in [-0.39, 0.29) is 67.6 Å². The summed E-state index contributed by atoms with van der Waals surface area (Å²) in [6.45, 7) is 0. The molecular weight excluding hydrogens is 1010 g/mol. The van der Waals surface area contributed by atoms with Crippen molar-refractivity contribution in [1.82, 2.24) is 4.57 Å². The maximum Gasteiger partial charge on any atom is 0.416 e. The van der Waals surface area contributed by atoms with Gasteiger partial charge in [-0.05, 0) is 129 Å². The Morgan fingerprint density at radius 2 is 0.684 bits per heavy atom. The molecule has 0 saturated carbocycles. The van der Waals surface area contributed by atoms with Gasteiger partial charge in [-0.25, -0.2) is 4.90 Å². The molecule has 76 heavy (non-hydrogen) atoms. The molecule has 1 aliphatic heterocycles. The van der Waals surface area contributed by atoms with Crippen LogP contribution in [0.1, 0.15) is 43.0 Å².